The molecule has 8 heteroatoms. The number of allylic oxidation sites excluding steroid dienone is 4. The number of aliphatic imine (C=N–C) groups is 2. The number of rotatable bonds is 14. The highest BCUT2D eigenvalue weighted by atomic mass is 16.5. The van der Waals surface area contributed by atoms with Crippen LogP contribution in [0.3, 0.4) is 0 Å². The number of methoxy groups -OCH3 is 2. The Balaban J connectivity index is 1.80. The fourth-order valence-corrected chi connectivity index (χ4v) is 6.43. The standard InChI is InChI=1S/C37H48N4O4/c1-9-24-20-38-32(26(24)11-3)17-30-22(5)28(13-15-36(42)44-7)34(40-30)19-35-29(14-16-37(43)45-8)23(6)31(41-35)18-33-27(12-4)25(10-2)21-39-33/h17-18,20-21,40-41H,9-16,19H2,1-8H3/b32-17-,33-18?. The predicted molar refractivity (Wildman–Crippen MR) is 183 cm³/mol. The van der Waals surface area contributed by atoms with Gasteiger partial charge in [-0.25, -0.2) is 0 Å². The molecule has 2 aliphatic heterocycles. The highest BCUT2D eigenvalue weighted by molar-refractivity contribution is 5.89. The van der Waals surface area contributed by atoms with Crippen molar-refractivity contribution in [3.63, 3.8) is 0 Å². The number of nitrogens with zero attached hydrogens (tertiary/aromatic N) is 2. The number of H-pyrrole nitrogens is 2. The Kier molecular flexibility index (Phi) is 11.4. The van der Waals surface area contributed by atoms with Crippen LogP contribution >= 0.6 is 0 Å². The first kappa shape index (κ1) is 33.7. The molecule has 8 nitrogen and oxygen atoms in total. The first-order valence-corrected chi connectivity index (χ1v) is 16.2. The summed E-state index contributed by atoms with van der Waals surface area (Å²) in [5, 5.41) is 0. The molecule has 2 N–H and O–H groups in total. The van der Waals surface area contributed by atoms with Gasteiger partial charge in [0.15, 0.2) is 0 Å². The summed E-state index contributed by atoms with van der Waals surface area (Å²) in [6.45, 7) is 12.8. The van der Waals surface area contributed by atoms with Crippen molar-refractivity contribution < 1.29 is 19.1 Å². The van der Waals surface area contributed by atoms with Crippen molar-refractivity contribution in [3.8, 4) is 0 Å². The van der Waals surface area contributed by atoms with E-state index < -0.39 is 0 Å². The van der Waals surface area contributed by atoms with E-state index in [0.29, 0.717) is 19.3 Å². The molecule has 0 fully saturated rings. The summed E-state index contributed by atoms with van der Waals surface area (Å²) in [4.78, 5) is 41.3. The van der Waals surface area contributed by atoms with E-state index in [1.54, 1.807) is 0 Å². The molecule has 2 aromatic rings. The van der Waals surface area contributed by atoms with E-state index in [4.69, 9.17) is 19.5 Å². The fourth-order valence-electron chi connectivity index (χ4n) is 6.43. The van der Waals surface area contributed by atoms with Crippen LogP contribution in [0.2, 0.25) is 0 Å². The van der Waals surface area contributed by atoms with Crippen LogP contribution in [0.15, 0.2) is 43.7 Å². The zero-order valence-corrected chi connectivity index (χ0v) is 28.2. The molecule has 0 amide bonds. The van der Waals surface area contributed by atoms with E-state index >= 15 is 0 Å². The first-order chi connectivity index (χ1) is 21.7. The smallest absolute Gasteiger partial charge is 0.305 e. The maximum absolute atomic E-state index is 12.2. The number of nitrogens with one attached hydrogen (secondary N) is 2. The third-order valence-electron chi connectivity index (χ3n) is 9.12. The van der Waals surface area contributed by atoms with Gasteiger partial charge in [0, 0.05) is 54.5 Å². The van der Waals surface area contributed by atoms with Crippen LogP contribution in [-0.2, 0) is 38.3 Å². The topological polar surface area (TPSA) is 109 Å². The SMILES string of the molecule is CCC1=C(CC)C(=Cc2[nH]c(Cc3[nH]c(/C=C4\N=CC(CC)=C4CC)c(C)c3CCC(=O)OC)c(CCC(=O)OC)c2C)N=C1. The molecule has 4 rings (SSSR count). The molecule has 0 atom stereocenters. The second-order valence-corrected chi connectivity index (χ2v) is 11.6. The van der Waals surface area contributed by atoms with Crippen LogP contribution in [0.4, 0.5) is 0 Å². The van der Waals surface area contributed by atoms with E-state index in [1.165, 1.54) is 36.5 Å². The molecule has 2 aliphatic rings. The third kappa shape index (κ3) is 7.38. The van der Waals surface area contributed by atoms with Crippen molar-refractivity contribution in [2.24, 2.45) is 9.98 Å². The molecule has 0 spiro atoms. The Labute approximate surface area is 267 Å². The number of aromatic amines is 2. The Hall–Kier alpha value is -4.20. The third-order valence-corrected chi connectivity index (χ3v) is 9.12. The van der Waals surface area contributed by atoms with Crippen molar-refractivity contribution in [2.75, 3.05) is 14.2 Å². The Bertz CT molecular complexity index is 1520. The van der Waals surface area contributed by atoms with Crippen molar-refractivity contribution in [2.45, 2.75) is 99.3 Å². The normalized spacial score (nSPS) is 16.3. The van der Waals surface area contributed by atoms with Crippen LogP contribution in [0.25, 0.3) is 12.2 Å². The molecule has 0 bridgehead atoms. The minimum Gasteiger partial charge on any atom is -0.469 e. The second kappa shape index (κ2) is 15.2. The van der Waals surface area contributed by atoms with Gasteiger partial charge in [-0.3, -0.25) is 19.6 Å². The van der Waals surface area contributed by atoms with Gasteiger partial charge in [0.25, 0.3) is 0 Å². The number of hydrogen-bond donors (Lipinski definition) is 2. The van der Waals surface area contributed by atoms with Crippen LogP contribution < -0.4 is 0 Å². The van der Waals surface area contributed by atoms with Crippen molar-refractivity contribution in [1.82, 2.24) is 9.97 Å². The zero-order chi connectivity index (χ0) is 32.7. The van der Waals surface area contributed by atoms with Gasteiger partial charge in [0.1, 0.15) is 0 Å². The van der Waals surface area contributed by atoms with E-state index in [-0.39, 0.29) is 24.8 Å². The fraction of sp³-hybridized carbons (Fsp3) is 0.459. The van der Waals surface area contributed by atoms with Gasteiger partial charge in [-0.1, -0.05) is 27.7 Å². The highest BCUT2D eigenvalue weighted by Gasteiger charge is 2.22. The van der Waals surface area contributed by atoms with E-state index in [1.807, 2.05) is 12.4 Å². The Morgan fingerprint density at radius 2 is 1.09 bits per heavy atom. The van der Waals surface area contributed by atoms with Crippen molar-refractivity contribution >= 4 is 36.5 Å². The lowest BCUT2D eigenvalue weighted by atomic mass is 9.98. The summed E-state index contributed by atoms with van der Waals surface area (Å²) in [6, 6.07) is 0. The molecule has 4 heterocycles. The average molecular weight is 613 g/mol. The molecular weight excluding hydrogens is 564 g/mol. The molecule has 0 aromatic carbocycles. The molecule has 240 valence electrons. The second-order valence-electron chi connectivity index (χ2n) is 11.6. The summed E-state index contributed by atoms with van der Waals surface area (Å²) < 4.78 is 9.96. The lowest BCUT2D eigenvalue weighted by Gasteiger charge is -2.08. The van der Waals surface area contributed by atoms with Crippen molar-refractivity contribution in [3.05, 3.63) is 78.7 Å². The van der Waals surface area contributed by atoms with Gasteiger partial charge in [-0.15, -0.1) is 0 Å². The summed E-state index contributed by atoms with van der Waals surface area (Å²) >= 11 is 0. The van der Waals surface area contributed by atoms with Gasteiger partial charge < -0.3 is 19.4 Å². The maximum Gasteiger partial charge on any atom is 0.305 e. The molecule has 45 heavy (non-hydrogen) atoms. The quantitative estimate of drug-likeness (QED) is 0.212. The summed E-state index contributed by atoms with van der Waals surface area (Å²) in [6.07, 6.45) is 14.2. The van der Waals surface area contributed by atoms with Gasteiger partial charge >= 0.3 is 11.9 Å². The molecule has 0 unspecified atom stereocenters. The van der Waals surface area contributed by atoms with Crippen LogP contribution in [0.5, 0.6) is 0 Å². The maximum atomic E-state index is 12.2. The monoisotopic (exact) mass is 612 g/mol. The summed E-state index contributed by atoms with van der Waals surface area (Å²) in [5.74, 6) is -0.477. The molecule has 2 aromatic heterocycles. The molecule has 0 saturated heterocycles. The van der Waals surface area contributed by atoms with Crippen LogP contribution in [-0.4, -0.2) is 48.6 Å². The van der Waals surface area contributed by atoms with Gasteiger partial charge in [0.2, 0.25) is 0 Å². The van der Waals surface area contributed by atoms with Crippen molar-refractivity contribution in [1.29, 1.82) is 0 Å². The number of esters is 2. The number of carbonyl (C=O) groups excluding carboxylic acids is 2. The number of hydrogen-bond acceptors (Lipinski definition) is 6. The van der Waals surface area contributed by atoms with Gasteiger partial charge in [-0.05, 0) is 109 Å². The van der Waals surface area contributed by atoms with E-state index in [9.17, 15) is 9.59 Å². The van der Waals surface area contributed by atoms with Gasteiger partial charge in [0.05, 0.1) is 25.6 Å². The number of aromatic nitrogens is 2. The minimum atomic E-state index is -0.239. The highest BCUT2D eigenvalue weighted by Crippen LogP contribution is 2.33. The number of ether oxygens (including phenoxy) is 2. The summed E-state index contributed by atoms with van der Waals surface area (Å²) in [5.41, 5.74) is 15.5. The lowest BCUT2D eigenvalue weighted by Crippen LogP contribution is -2.06. The summed E-state index contributed by atoms with van der Waals surface area (Å²) in [7, 11) is 2.85. The largest absolute Gasteiger partial charge is 0.469 e. The van der Waals surface area contributed by atoms with E-state index in [0.717, 1.165) is 82.1 Å². The number of carbonyl (C=O) groups is 2. The molecule has 0 aliphatic carbocycles. The Morgan fingerprint density at radius 1 is 0.689 bits per heavy atom. The molecule has 0 radical (unpaired) electrons. The van der Waals surface area contributed by atoms with E-state index in [2.05, 4.69) is 63.7 Å². The van der Waals surface area contributed by atoms with Crippen LogP contribution in [0, 0.1) is 13.8 Å². The predicted octanol–water partition coefficient (Wildman–Crippen LogP) is 7.85. The zero-order valence-electron chi connectivity index (χ0n) is 28.2. The van der Waals surface area contributed by atoms with Gasteiger partial charge in [-0.2, -0.15) is 0 Å². The first-order valence-electron chi connectivity index (χ1n) is 16.2. The average Bonchev–Trinajstić information content (AvgIpc) is 3.79. The molecule has 0 saturated carbocycles. The molecular formula is C37H48N4O4. The van der Waals surface area contributed by atoms with Crippen LogP contribution in [0.1, 0.15) is 111 Å². The minimum absolute atomic E-state index is 0.239. The Morgan fingerprint density at radius 3 is 1.42 bits per heavy atom. The lowest BCUT2D eigenvalue weighted by molar-refractivity contribution is -0.141.